The van der Waals surface area contributed by atoms with Crippen LogP contribution in [0.1, 0.15) is 85.0 Å². The average molecular weight is 675 g/mol. The topological polar surface area (TPSA) is 13.1 Å². The quantitative estimate of drug-likeness (QED) is 0.313. The number of fused-ring (bicyclic) bond motifs is 3. The Kier molecular flexibility index (Phi) is 9.94. The van der Waals surface area contributed by atoms with Crippen LogP contribution in [0.3, 0.4) is 0 Å². The predicted octanol–water partition coefficient (Wildman–Crippen LogP) is 3.99. The van der Waals surface area contributed by atoms with Crippen LogP contribution in [0.25, 0.3) is 16.7 Å². The van der Waals surface area contributed by atoms with Crippen LogP contribution in [0.15, 0.2) is 105 Å². The molecule has 216 valence electrons. The summed E-state index contributed by atoms with van der Waals surface area (Å²) in [6, 6.07) is 27.9. The average Bonchev–Trinajstić information content (AvgIpc) is 3.68. The molecule has 0 bridgehead atoms. The fourth-order valence-electron chi connectivity index (χ4n) is 6.25. The molecule has 0 atom stereocenters. The molecule has 1 nitrogen and oxygen atoms in total. The Labute approximate surface area is 272 Å². The fraction of sp³-hybridized carbons (Fsp3) is 0.289. The van der Waals surface area contributed by atoms with Crippen LogP contribution in [0, 0.1) is 0 Å². The van der Waals surface area contributed by atoms with Crippen LogP contribution < -0.4 is 24.8 Å². The zero-order chi connectivity index (χ0) is 28.1. The third kappa shape index (κ3) is 6.33. The first-order chi connectivity index (χ1) is 19.1. The van der Waals surface area contributed by atoms with Gasteiger partial charge in [0.05, 0.1) is 0 Å². The van der Waals surface area contributed by atoms with Crippen LogP contribution in [-0.4, -0.2) is 3.71 Å². The minimum atomic E-state index is -2.49. The van der Waals surface area contributed by atoms with E-state index in [0.717, 1.165) is 12.8 Å². The molecule has 3 aromatic carbocycles. The smallest absolute Gasteiger partial charge is 1.00 e. The van der Waals surface area contributed by atoms with Crippen molar-refractivity contribution in [3.05, 3.63) is 134 Å². The van der Waals surface area contributed by atoms with E-state index >= 15 is 0 Å². The van der Waals surface area contributed by atoms with Gasteiger partial charge in [-0.1, -0.05) is 0 Å². The van der Waals surface area contributed by atoms with E-state index in [1.54, 1.807) is 14.4 Å². The summed E-state index contributed by atoms with van der Waals surface area (Å²) < 4.78 is 10.5. The zero-order valence-corrected chi connectivity index (χ0v) is 29.4. The number of furan rings is 1. The number of hydrogen-bond acceptors (Lipinski definition) is 1. The third-order valence-electron chi connectivity index (χ3n) is 8.57. The van der Waals surface area contributed by atoms with Crippen LogP contribution >= 0.6 is 0 Å². The molecule has 0 spiro atoms. The van der Waals surface area contributed by atoms with Gasteiger partial charge >= 0.3 is 249 Å². The number of hydrogen-bond donors (Lipinski definition) is 0. The van der Waals surface area contributed by atoms with E-state index in [0.29, 0.717) is 3.63 Å². The van der Waals surface area contributed by atoms with E-state index in [1.807, 2.05) is 12.5 Å². The molecule has 0 fully saturated rings. The summed E-state index contributed by atoms with van der Waals surface area (Å²) in [5.41, 5.74) is 13.1. The maximum Gasteiger partial charge on any atom is -1.00 e. The van der Waals surface area contributed by atoms with Gasteiger partial charge in [-0.3, -0.25) is 0 Å². The van der Waals surface area contributed by atoms with Crippen molar-refractivity contribution >= 4 is 9.28 Å². The van der Waals surface area contributed by atoms with Crippen molar-refractivity contribution in [2.24, 2.45) is 0 Å². The molecular formula is C38H40Cl2OZr. The van der Waals surface area contributed by atoms with E-state index in [-0.39, 0.29) is 35.6 Å². The summed E-state index contributed by atoms with van der Waals surface area (Å²) in [5.74, 6) is 0. The number of rotatable bonds is 5. The minimum absolute atomic E-state index is 0. The van der Waals surface area contributed by atoms with Gasteiger partial charge in [0.2, 0.25) is 0 Å². The van der Waals surface area contributed by atoms with E-state index in [4.69, 9.17) is 4.42 Å². The first kappa shape index (κ1) is 32.7. The van der Waals surface area contributed by atoms with Crippen molar-refractivity contribution in [3.8, 4) is 11.1 Å². The molecule has 6 rings (SSSR count). The van der Waals surface area contributed by atoms with Gasteiger partial charge < -0.3 is 24.8 Å². The van der Waals surface area contributed by atoms with Gasteiger partial charge in [0.25, 0.3) is 0 Å². The molecule has 1 heterocycles. The number of halogens is 2. The molecule has 0 aliphatic heterocycles. The second-order valence-electron chi connectivity index (χ2n) is 13.4. The second-order valence-corrected chi connectivity index (χ2v) is 19.5. The zero-order valence-electron chi connectivity index (χ0n) is 25.5. The molecule has 0 saturated carbocycles. The van der Waals surface area contributed by atoms with Crippen molar-refractivity contribution in [1.82, 2.24) is 0 Å². The Hall–Kier alpha value is -2.25. The molecule has 2 aliphatic rings. The van der Waals surface area contributed by atoms with Crippen LogP contribution in [0.4, 0.5) is 0 Å². The Balaban J connectivity index is 0.00000202. The first-order valence-corrected chi connectivity index (χ1v) is 18.6. The van der Waals surface area contributed by atoms with Crippen molar-refractivity contribution in [1.29, 1.82) is 0 Å². The Morgan fingerprint density at radius 2 is 1.38 bits per heavy atom. The van der Waals surface area contributed by atoms with E-state index < -0.39 is 21.3 Å². The molecule has 4 aromatic rings. The molecule has 0 saturated heterocycles. The summed E-state index contributed by atoms with van der Waals surface area (Å²) >= 11 is -2.49. The monoisotopic (exact) mass is 672 g/mol. The van der Waals surface area contributed by atoms with Gasteiger partial charge in [-0.05, 0) is 0 Å². The van der Waals surface area contributed by atoms with Gasteiger partial charge in [-0.25, -0.2) is 0 Å². The van der Waals surface area contributed by atoms with E-state index in [1.165, 1.54) is 39.0 Å². The number of allylic oxidation sites excluding steroid dienone is 4. The maximum absolute atomic E-state index is 5.57. The van der Waals surface area contributed by atoms with Gasteiger partial charge in [0, 0.05) is 0 Å². The normalized spacial score (nSPS) is 14.4. The van der Waals surface area contributed by atoms with Crippen molar-refractivity contribution in [2.75, 3.05) is 0 Å². The Bertz CT molecular complexity index is 1580. The van der Waals surface area contributed by atoms with E-state index in [2.05, 4.69) is 130 Å². The fourth-order valence-corrected chi connectivity index (χ4v) is 14.4. The van der Waals surface area contributed by atoms with Gasteiger partial charge in [0.1, 0.15) is 0 Å². The van der Waals surface area contributed by atoms with Gasteiger partial charge in [-0.15, -0.1) is 0 Å². The first-order valence-electron chi connectivity index (χ1n) is 14.6. The minimum Gasteiger partial charge on any atom is -1.00 e. The summed E-state index contributed by atoms with van der Waals surface area (Å²) in [6.45, 7) is 14.0. The third-order valence-corrected chi connectivity index (χ3v) is 16.1. The van der Waals surface area contributed by atoms with Gasteiger partial charge in [-0.2, -0.15) is 0 Å². The summed E-state index contributed by atoms with van der Waals surface area (Å²) in [4.78, 5) is 0. The van der Waals surface area contributed by atoms with E-state index in [9.17, 15) is 0 Å². The molecule has 0 N–H and O–H groups in total. The Morgan fingerprint density at radius 1 is 0.786 bits per heavy atom. The summed E-state index contributed by atoms with van der Waals surface area (Å²) in [5, 5.41) is 0. The molecule has 2 aliphatic carbocycles. The van der Waals surface area contributed by atoms with Crippen LogP contribution in [0.5, 0.6) is 0 Å². The molecule has 4 heteroatoms. The number of benzene rings is 3. The van der Waals surface area contributed by atoms with Gasteiger partial charge in [0.15, 0.2) is 0 Å². The maximum atomic E-state index is 5.57. The van der Waals surface area contributed by atoms with Crippen molar-refractivity contribution in [3.63, 3.8) is 0 Å². The van der Waals surface area contributed by atoms with Crippen molar-refractivity contribution < 1.29 is 50.5 Å². The molecule has 0 unspecified atom stereocenters. The molecule has 0 radical (unpaired) electrons. The second kappa shape index (κ2) is 12.8. The van der Waals surface area contributed by atoms with Crippen LogP contribution in [0.2, 0.25) is 0 Å². The molecular weight excluding hydrogens is 635 g/mol. The standard InChI is InChI=1S/C21H25.C9H7O.C8H8.2ClH.Zr/c1-20(2,3)16-7-9-18-14(12-16)11-15-13-17(21(4,5)6)8-10-19(15)18;1-2-4-8(3-1)9-5-6-10-7-9;1-2-8-6-4-3-5-7-8;;;/h7-13H,1-6H3;1,3,5-7H,2H2;1,3-7H,2H2;2*1H;/q;;;;;+2/p-2. The summed E-state index contributed by atoms with van der Waals surface area (Å²) in [6.07, 6.45) is 10.5. The molecule has 42 heavy (non-hydrogen) atoms. The SMILES string of the molecule is CC(C)(C)c1ccc2c(c1)[CH](/[Zr+2](=[CH]\Cc1ccccc1)[C]1=C(c3ccoc3)C=CC1)c1cc(C(C)(C)C)ccc1-2.[Cl-].[Cl-]. The van der Waals surface area contributed by atoms with Crippen LogP contribution in [-0.2, 0) is 38.5 Å². The van der Waals surface area contributed by atoms with Crippen molar-refractivity contribution in [2.45, 2.75) is 68.8 Å². The molecule has 1 aromatic heterocycles. The summed E-state index contributed by atoms with van der Waals surface area (Å²) in [7, 11) is 0. The largest absolute Gasteiger partial charge is 1.00 e. The molecule has 0 amide bonds. The Morgan fingerprint density at radius 3 is 1.90 bits per heavy atom. The predicted molar refractivity (Wildman–Crippen MR) is 167 cm³/mol.